The summed E-state index contributed by atoms with van der Waals surface area (Å²) in [7, 11) is 1.75. The summed E-state index contributed by atoms with van der Waals surface area (Å²) in [5.41, 5.74) is 2.96. The van der Waals surface area contributed by atoms with Gasteiger partial charge in [-0.25, -0.2) is 0 Å². The Morgan fingerprint density at radius 3 is 2.42 bits per heavy atom. The summed E-state index contributed by atoms with van der Waals surface area (Å²) in [5.74, 6) is 1.09. The van der Waals surface area contributed by atoms with E-state index in [2.05, 4.69) is 40.0 Å². The summed E-state index contributed by atoms with van der Waals surface area (Å²) in [6.07, 6.45) is 1.48. The molecular formula is C25H31IN4O3. The van der Waals surface area contributed by atoms with Gasteiger partial charge in [0.15, 0.2) is 11.7 Å². The van der Waals surface area contributed by atoms with Crippen LogP contribution in [-0.2, 0) is 17.9 Å². The van der Waals surface area contributed by atoms with Crippen molar-refractivity contribution in [3.05, 3.63) is 89.9 Å². The zero-order valence-corrected chi connectivity index (χ0v) is 21.2. The molecule has 7 nitrogen and oxygen atoms in total. The normalized spacial score (nSPS) is 11.9. The van der Waals surface area contributed by atoms with Gasteiger partial charge in [0.25, 0.3) is 5.91 Å². The molecule has 176 valence electrons. The molecule has 1 atom stereocenters. The van der Waals surface area contributed by atoms with Gasteiger partial charge in [-0.15, -0.1) is 24.0 Å². The van der Waals surface area contributed by atoms with E-state index in [9.17, 15) is 4.79 Å². The van der Waals surface area contributed by atoms with Crippen molar-refractivity contribution < 1.29 is 13.9 Å². The molecule has 1 aromatic heterocycles. The molecule has 0 bridgehead atoms. The lowest BCUT2D eigenvalue weighted by Gasteiger charge is -2.16. The molecule has 1 heterocycles. The average molecular weight is 562 g/mol. The Morgan fingerprint density at radius 1 is 1.00 bits per heavy atom. The van der Waals surface area contributed by atoms with Crippen LogP contribution in [0, 0.1) is 5.92 Å². The number of nitrogens with zero attached hydrogens (tertiary/aromatic N) is 1. The number of aliphatic imine (C=N–C) groups is 1. The number of anilines is 1. The maximum atomic E-state index is 12.0. The van der Waals surface area contributed by atoms with Crippen molar-refractivity contribution in [3.63, 3.8) is 0 Å². The molecule has 0 radical (unpaired) electrons. The standard InChI is InChI=1S/C25H30N4O3.HI/c1-19(17-31-18-21-7-4-3-5-8-21)15-27-25(26-2)28-16-20-10-12-22(13-11-20)29-24(30)23-9-6-14-32-23;/h3-14,19H,15-18H2,1-2H3,(H,29,30)(H2,26,27,28);1H. The van der Waals surface area contributed by atoms with Crippen molar-refractivity contribution >= 4 is 41.5 Å². The van der Waals surface area contributed by atoms with Crippen LogP contribution in [0.25, 0.3) is 0 Å². The molecule has 1 amide bonds. The van der Waals surface area contributed by atoms with E-state index in [1.54, 1.807) is 19.2 Å². The van der Waals surface area contributed by atoms with Gasteiger partial charge in [-0.3, -0.25) is 9.79 Å². The minimum Gasteiger partial charge on any atom is -0.459 e. The summed E-state index contributed by atoms with van der Waals surface area (Å²) in [5, 5.41) is 9.44. The van der Waals surface area contributed by atoms with E-state index in [1.807, 2.05) is 42.5 Å². The molecule has 0 aliphatic carbocycles. The van der Waals surface area contributed by atoms with E-state index in [1.165, 1.54) is 11.8 Å². The third-order valence-corrected chi connectivity index (χ3v) is 4.77. The Kier molecular flexibility index (Phi) is 11.5. The number of halogens is 1. The lowest BCUT2D eigenvalue weighted by atomic mass is 10.2. The van der Waals surface area contributed by atoms with Gasteiger partial charge < -0.3 is 25.1 Å². The molecule has 8 heteroatoms. The van der Waals surface area contributed by atoms with Gasteiger partial charge in [0.1, 0.15) is 0 Å². The first-order valence-corrected chi connectivity index (χ1v) is 10.6. The predicted octanol–water partition coefficient (Wildman–Crippen LogP) is 4.67. The lowest BCUT2D eigenvalue weighted by Crippen LogP contribution is -2.39. The van der Waals surface area contributed by atoms with E-state index in [0.29, 0.717) is 31.4 Å². The number of carbonyl (C=O) groups excluding carboxylic acids is 1. The van der Waals surface area contributed by atoms with Gasteiger partial charge >= 0.3 is 0 Å². The van der Waals surface area contributed by atoms with E-state index in [4.69, 9.17) is 9.15 Å². The number of hydrogen-bond donors (Lipinski definition) is 3. The third kappa shape index (κ3) is 9.27. The zero-order chi connectivity index (χ0) is 22.6. The first kappa shape index (κ1) is 26.4. The predicted molar refractivity (Wildman–Crippen MR) is 142 cm³/mol. The first-order chi connectivity index (χ1) is 15.6. The highest BCUT2D eigenvalue weighted by atomic mass is 127. The number of guanidine groups is 1. The van der Waals surface area contributed by atoms with Crippen LogP contribution in [0.5, 0.6) is 0 Å². The number of ether oxygens (including phenoxy) is 1. The quantitative estimate of drug-likeness (QED) is 0.190. The molecule has 0 aliphatic heterocycles. The third-order valence-electron chi connectivity index (χ3n) is 4.77. The number of carbonyl (C=O) groups is 1. The second-order valence-corrected chi connectivity index (χ2v) is 7.54. The Bertz CT molecular complexity index is 977. The van der Waals surface area contributed by atoms with Crippen LogP contribution in [-0.4, -0.2) is 32.1 Å². The molecule has 2 aromatic carbocycles. The van der Waals surface area contributed by atoms with Crippen LogP contribution in [0.3, 0.4) is 0 Å². The molecule has 0 saturated heterocycles. The van der Waals surface area contributed by atoms with E-state index in [0.717, 1.165) is 18.1 Å². The van der Waals surface area contributed by atoms with Gasteiger partial charge in [-0.2, -0.15) is 0 Å². The Morgan fingerprint density at radius 2 is 1.76 bits per heavy atom. The smallest absolute Gasteiger partial charge is 0.291 e. The molecule has 3 rings (SSSR count). The second kappa shape index (κ2) is 14.3. The SMILES string of the molecule is CN=C(NCc1ccc(NC(=O)c2ccco2)cc1)NCC(C)COCc1ccccc1.I. The average Bonchev–Trinajstić information content (AvgIpc) is 3.36. The van der Waals surface area contributed by atoms with Crippen LogP contribution in [0.15, 0.2) is 82.4 Å². The highest BCUT2D eigenvalue weighted by Gasteiger charge is 2.09. The Balaban J connectivity index is 0.00000385. The zero-order valence-electron chi connectivity index (χ0n) is 18.9. The number of amides is 1. The van der Waals surface area contributed by atoms with Crippen molar-refractivity contribution in [2.24, 2.45) is 10.9 Å². The fourth-order valence-corrected chi connectivity index (χ4v) is 2.99. The van der Waals surface area contributed by atoms with Crippen LogP contribution in [0.1, 0.15) is 28.6 Å². The summed E-state index contributed by atoms with van der Waals surface area (Å²) in [6.45, 7) is 4.80. The van der Waals surface area contributed by atoms with Gasteiger partial charge in [0.05, 0.1) is 19.5 Å². The van der Waals surface area contributed by atoms with Crippen molar-refractivity contribution in [2.45, 2.75) is 20.1 Å². The monoisotopic (exact) mass is 562 g/mol. The molecule has 3 aromatic rings. The molecule has 33 heavy (non-hydrogen) atoms. The second-order valence-electron chi connectivity index (χ2n) is 7.54. The summed E-state index contributed by atoms with van der Waals surface area (Å²) >= 11 is 0. The molecule has 0 spiro atoms. The van der Waals surface area contributed by atoms with Gasteiger partial charge in [-0.1, -0.05) is 49.4 Å². The molecule has 1 unspecified atom stereocenters. The van der Waals surface area contributed by atoms with E-state index >= 15 is 0 Å². The summed E-state index contributed by atoms with van der Waals surface area (Å²) < 4.78 is 10.9. The maximum Gasteiger partial charge on any atom is 0.291 e. The molecule has 0 saturated carbocycles. The topological polar surface area (TPSA) is 87.9 Å². The number of hydrogen-bond acceptors (Lipinski definition) is 4. The van der Waals surface area contributed by atoms with Crippen molar-refractivity contribution in [1.82, 2.24) is 10.6 Å². The number of rotatable bonds is 10. The molecular weight excluding hydrogens is 531 g/mol. The fourth-order valence-electron chi connectivity index (χ4n) is 2.99. The maximum absolute atomic E-state index is 12.0. The first-order valence-electron chi connectivity index (χ1n) is 10.6. The highest BCUT2D eigenvalue weighted by Crippen LogP contribution is 2.12. The van der Waals surface area contributed by atoms with Crippen molar-refractivity contribution in [2.75, 3.05) is 25.5 Å². The summed E-state index contributed by atoms with van der Waals surface area (Å²) in [4.78, 5) is 16.3. The molecule has 0 fully saturated rings. The summed E-state index contributed by atoms with van der Waals surface area (Å²) in [6, 6.07) is 21.1. The van der Waals surface area contributed by atoms with Crippen LogP contribution >= 0.6 is 24.0 Å². The van der Waals surface area contributed by atoms with E-state index < -0.39 is 0 Å². The Labute approximate surface area is 212 Å². The fraction of sp³-hybridized carbons (Fsp3) is 0.280. The van der Waals surface area contributed by atoms with Gasteiger partial charge in [0, 0.05) is 25.8 Å². The van der Waals surface area contributed by atoms with Gasteiger partial charge in [0.2, 0.25) is 0 Å². The highest BCUT2D eigenvalue weighted by molar-refractivity contribution is 14.0. The minimum absolute atomic E-state index is 0. The molecule has 3 N–H and O–H groups in total. The van der Waals surface area contributed by atoms with Crippen molar-refractivity contribution in [1.29, 1.82) is 0 Å². The largest absolute Gasteiger partial charge is 0.459 e. The molecule has 0 aliphatic rings. The van der Waals surface area contributed by atoms with Crippen LogP contribution in [0.2, 0.25) is 0 Å². The van der Waals surface area contributed by atoms with Crippen LogP contribution < -0.4 is 16.0 Å². The minimum atomic E-state index is -0.271. The van der Waals surface area contributed by atoms with E-state index in [-0.39, 0.29) is 35.6 Å². The Hall–Kier alpha value is -2.85. The number of furan rings is 1. The van der Waals surface area contributed by atoms with Gasteiger partial charge in [-0.05, 0) is 41.3 Å². The van der Waals surface area contributed by atoms with Crippen molar-refractivity contribution in [3.8, 4) is 0 Å². The lowest BCUT2D eigenvalue weighted by molar-refractivity contribution is 0.0931. The number of benzene rings is 2. The number of nitrogens with one attached hydrogen (secondary N) is 3. The van der Waals surface area contributed by atoms with Crippen LogP contribution in [0.4, 0.5) is 5.69 Å².